The van der Waals surface area contributed by atoms with E-state index < -0.39 is 41.2 Å². The zero-order valence-corrected chi connectivity index (χ0v) is 27.2. The van der Waals surface area contributed by atoms with Gasteiger partial charge >= 0.3 is 6.09 Å². The SMILES string of the molecule is CC(C)=C1CN(C(=O)[C@@H](c2ccc(F)cc2)N(C(=O)CCl)c2ccc(Oc3ccccc3)cc2C)CCN1C(=O)OC(C)(C)C. The Bertz CT molecular complexity index is 1570. The molecule has 0 aromatic heterocycles. The predicted octanol–water partition coefficient (Wildman–Crippen LogP) is 7.61. The van der Waals surface area contributed by atoms with E-state index in [4.69, 9.17) is 21.1 Å². The average Bonchev–Trinajstić information content (AvgIpc) is 2.99. The summed E-state index contributed by atoms with van der Waals surface area (Å²) in [6.45, 7) is 11.4. The number of carbonyl (C=O) groups excluding carboxylic acids is 3. The molecule has 0 bridgehead atoms. The Labute approximate surface area is 269 Å². The maximum absolute atomic E-state index is 14.5. The molecule has 0 radical (unpaired) electrons. The molecule has 238 valence electrons. The smallest absolute Gasteiger partial charge is 0.414 e. The van der Waals surface area contributed by atoms with Crippen molar-refractivity contribution < 1.29 is 28.2 Å². The van der Waals surface area contributed by atoms with Gasteiger partial charge in [-0.05, 0) is 95.1 Å². The highest BCUT2D eigenvalue weighted by Crippen LogP contribution is 2.36. The van der Waals surface area contributed by atoms with Crippen LogP contribution in [0.25, 0.3) is 0 Å². The van der Waals surface area contributed by atoms with E-state index in [-0.39, 0.29) is 19.6 Å². The summed E-state index contributed by atoms with van der Waals surface area (Å²) in [5.41, 5.74) is 2.33. The van der Waals surface area contributed by atoms with Gasteiger partial charge in [0, 0.05) is 24.5 Å². The van der Waals surface area contributed by atoms with E-state index in [1.807, 2.05) is 51.1 Å². The molecule has 1 heterocycles. The molecule has 0 spiro atoms. The summed E-state index contributed by atoms with van der Waals surface area (Å²) in [4.78, 5) is 45.7. The molecule has 3 amide bonds. The zero-order chi connectivity index (χ0) is 32.9. The van der Waals surface area contributed by atoms with Gasteiger partial charge in [-0.1, -0.05) is 35.9 Å². The largest absolute Gasteiger partial charge is 0.457 e. The van der Waals surface area contributed by atoms with E-state index in [9.17, 15) is 18.8 Å². The molecule has 0 unspecified atom stereocenters. The molecule has 0 aliphatic carbocycles. The number of halogens is 2. The fourth-order valence-electron chi connectivity index (χ4n) is 5.12. The number of aryl methyl sites for hydroxylation is 1. The minimum absolute atomic E-state index is 0.115. The standard InChI is InChI=1S/C35H39ClFN3O5/c1-23(2)30-22-38(18-19-39(30)34(43)45-35(4,5)6)33(42)32(25-12-14-26(37)15-13-25)40(31(41)21-36)29-17-16-28(20-24(29)3)44-27-10-8-7-9-11-27/h7-17,20,32H,18-19,21-22H2,1-6H3/t32-/m1/s1. The normalized spacial score (nSPS) is 14.1. The van der Waals surface area contributed by atoms with Gasteiger partial charge in [0.1, 0.15) is 34.8 Å². The number of anilines is 1. The molecule has 1 fully saturated rings. The number of allylic oxidation sites excluding steroid dienone is 1. The predicted molar refractivity (Wildman–Crippen MR) is 173 cm³/mol. The van der Waals surface area contributed by atoms with Crippen LogP contribution in [0.3, 0.4) is 0 Å². The maximum Gasteiger partial charge on any atom is 0.414 e. The van der Waals surface area contributed by atoms with Gasteiger partial charge in [0.2, 0.25) is 5.91 Å². The lowest BCUT2D eigenvalue weighted by molar-refractivity contribution is -0.135. The first-order chi connectivity index (χ1) is 21.3. The molecule has 4 rings (SSSR count). The summed E-state index contributed by atoms with van der Waals surface area (Å²) in [5, 5.41) is 0. The number of piperazine rings is 1. The van der Waals surface area contributed by atoms with Crippen LogP contribution in [0.15, 0.2) is 84.1 Å². The highest BCUT2D eigenvalue weighted by atomic mass is 35.5. The Morgan fingerprint density at radius 1 is 0.956 bits per heavy atom. The first kappa shape index (κ1) is 33.5. The molecule has 8 nitrogen and oxygen atoms in total. The molecule has 1 aliphatic rings. The zero-order valence-electron chi connectivity index (χ0n) is 26.5. The van der Waals surface area contributed by atoms with Crippen molar-refractivity contribution in [3.63, 3.8) is 0 Å². The summed E-state index contributed by atoms with van der Waals surface area (Å²) in [6, 6.07) is 18.8. The van der Waals surface area contributed by atoms with Crippen molar-refractivity contribution in [2.75, 3.05) is 30.4 Å². The third-order valence-corrected chi connectivity index (χ3v) is 7.46. The van der Waals surface area contributed by atoms with Crippen LogP contribution in [0, 0.1) is 12.7 Å². The van der Waals surface area contributed by atoms with E-state index >= 15 is 0 Å². The monoisotopic (exact) mass is 635 g/mol. The lowest BCUT2D eigenvalue weighted by Crippen LogP contribution is -2.54. The second-order valence-corrected chi connectivity index (χ2v) is 12.3. The Morgan fingerprint density at radius 2 is 1.62 bits per heavy atom. The Morgan fingerprint density at radius 3 is 2.20 bits per heavy atom. The second-order valence-electron chi connectivity index (χ2n) is 12.1. The van der Waals surface area contributed by atoms with Gasteiger partial charge in [-0.2, -0.15) is 0 Å². The second kappa shape index (κ2) is 14.2. The van der Waals surface area contributed by atoms with Crippen molar-refractivity contribution in [3.05, 3.63) is 101 Å². The summed E-state index contributed by atoms with van der Waals surface area (Å²) < 4.78 is 25.7. The van der Waals surface area contributed by atoms with Crippen LogP contribution >= 0.6 is 11.6 Å². The summed E-state index contributed by atoms with van der Waals surface area (Å²) in [6.07, 6.45) is -0.492. The molecule has 3 aromatic rings. The molecule has 1 atom stereocenters. The van der Waals surface area contributed by atoms with Crippen molar-refractivity contribution in [2.24, 2.45) is 0 Å². The van der Waals surface area contributed by atoms with Crippen molar-refractivity contribution >= 4 is 35.2 Å². The highest BCUT2D eigenvalue weighted by molar-refractivity contribution is 6.30. The number of nitrogens with zero attached hydrogens (tertiary/aromatic N) is 3. The number of rotatable bonds is 7. The van der Waals surface area contributed by atoms with Gasteiger partial charge in [-0.3, -0.25) is 19.4 Å². The van der Waals surface area contributed by atoms with Crippen LogP contribution in [0.1, 0.15) is 51.8 Å². The minimum atomic E-state index is -1.16. The first-order valence-electron chi connectivity index (χ1n) is 14.7. The third-order valence-electron chi connectivity index (χ3n) is 7.23. The summed E-state index contributed by atoms with van der Waals surface area (Å²) in [5.74, 6) is -0.564. The summed E-state index contributed by atoms with van der Waals surface area (Å²) >= 11 is 6.14. The van der Waals surface area contributed by atoms with E-state index in [0.717, 1.165) is 5.57 Å². The van der Waals surface area contributed by atoms with Crippen molar-refractivity contribution in [1.82, 2.24) is 9.80 Å². The number of para-hydroxylation sites is 1. The van der Waals surface area contributed by atoms with Crippen LogP contribution in [-0.4, -0.2) is 58.8 Å². The topological polar surface area (TPSA) is 79.4 Å². The third kappa shape index (κ3) is 8.22. The highest BCUT2D eigenvalue weighted by Gasteiger charge is 2.39. The molecule has 45 heavy (non-hydrogen) atoms. The van der Waals surface area contributed by atoms with Gasteiger partial charge in [0.05, 0.1) is 6.54 Å². The molecule has 10 heteroatoms. The van der Waals surface area contributed by atoms with E-state index in [1.54, 1.807) is 48.8 Å². The Balaban J connectivity index is 1.73. The van der Waals surface area contributed by atoms with Gasteiger partial charge in [0.15, 0.2) is 0 Å². The lowest BCUT2D eigenvalue weighted by Gasteiger charge is -2.41. The number of hydrogen-bond donors (Lipinski definition) is 0. The minimum Gasteiger partial charge on any atom is -0.457 e. The maximum atomic E-state index is 14.5. The van der Waals surface area contributed by atoms with E-state index in [0.29, 0.717) is 34.0 Å². The molecule has 3 aromatic carbocycles. The summed E-state index contributed by atoms with van der Waals surface area (Å²) in [7, 11) is 0. The van der Waals surface area contributed by atoms with Gasteiger partial charge in [-0.25, -0.2) is 9.18 Å². The molecule has 1 aliphatic heterocycles. The number of carbonyl (C=O) groups is 3. The Hall–Kier alpha value is -4.37. The van der Waals surface area contributed by atoms with Gasteiger partial charge in [0.25, 0.3) is 5.91 Å². The van der Waals surface area contributed by atoms with Crippen molar-refractivity contribution in [1.29, 1.82) is 0 Å². The molecular formula is C35H39ClFN3O5. The first-order valence-corrected chi connectivity index (χ1v) is 15.2. The van der Waals surface area contributed by atoms with E-state index in [1.165, 1.54) is 29.2 Å². The fourth-order valence-corrected chi connectivity index (χ4v) is 5.25. The molecule has 0 saturated carbocycles. The van der Waals surface area contributed by atoms with Crippen LogP contribution in [0.5, 0.6) is 11.5 Å². The molecular weight excluding hydrogens is 597 g/mol. The van der Waals surface area contributed by atoms with Crippen LogP contribution < -0.4 is 9.64 Å². The number of hydrogen-bond acceptors (Lipinski definition) is 5. The van der Waals surface area contributed by atoms with Gasteiger partial charge < -0.3 is 14.4 Å². The van der Waals surface area contributed by atoms with E-state index in [2.05, 4.69) is 0 Å². The fraction of sp³-hybridized carbons (Fsp3) is 0.343. The van der Waals surface area contributed by atoms with Crippen LogP contribution in [0.4, 0.5) is 14.9 Å². The number of benzene rings is 3. The molecule has 0 N–H and O–H groups in total. The van der Waals surface area contributed by atoms with Crippen molar-refractivity contribution in [3.8, 4) is 11.5 Å². The molecule has 1 saturated heterocycles. The van der Waals surface area contributed by atoms with Gasteiger partial charge in [-0.15, -0.1) is 11.6 Å². The number of amides is 3. The number of alkyl halides is 1. The quantitative estimate of drug-likeness (QED) is 0.250. The number of ether oxygens (including phenoxy) is 2. The van der Waals surface area contributed by atoms with Crippen LogP contribution in [-0.2, 0) is 14.3 Å². The Kier molecular flexibility index (Phi) is 10.5. The average molecular weight is 636 g/mol. The van der Waals surface area contributed by atoms with Crippen molar-refractivity contribution in [2.45, 2.75) is 53.2 Å². The van der Waals surface area contributed by atoms with Crippen LogP contribution in [0.2, 0.25) is 0 Å². The lowest BCUT2D eigenvalue weighted by atomic mass is 10.00.